The van der Waals surface area contributed by atoms with Gasteiger partial charge in [0, 0.05) is 5.02 Å². The molecule has 0 heterocycles. The maximum absolute atomic E-state index is 11.0. The molecule has 0 aliphatic rings. The molecule has 0 saturated heterocycles. The van der Waals surface area contributed by atoms with Gasteiger partial charge in [-0.2, -0.15) is 0 Å². The van der Waals surface area contributed by atoms with Gasteiger partial charge in [-0.15, -0.1) is 0 Å². The van der Waals surface area contributed by atoms with Crippen LogP contribution >= 0.6 is 11.6 Å². The zero-order chi connectivity index (χ0) is 16.3. The number of carbonyl (C=O) groups is 1. The van der Waals surface area contributed by atoms with Gasteiger partial charge in [0.2, 0.25) is 5.75 Å². The highest BCUT2D eigenvalue weighted by Crippen LogP contribution is 2.34. The molecule has 0 saturated carbocycles. The summed E-state index contributed by atoms with van der Waals surface area (Å²) in [5, 5.41) is 29.9. The quantitative estimate of drug-likeness (QED) is 0.645. The van der Waals surface area contributed by atoms with Crippen LogP contribution in [0.5, 0.6) is 11.5 Å². The van der Waals surface area contributed by atoms with E-state index in [2.05, 4.69) is 0 Å². The number of benzene rings is 2. The number of nitro benzene ring substituents is 1. The van der Waals surface area contributed by atoms with Crippen LogP contribution in [0.25, 0.3) is 0 Å². The molecule has 0 aromatic heterocycles. The number of nitro groups is 1. The van der Waals surface area contributed by atoms with E-state index in [1.54, 1.807) is 24.3 Å². The average Bonchev–Trinajstić information content (AvgIpc) is 2.45. The second-order valence-corrected chi connectivity index (χ2v) is 4.76. The van der Waals surface area contributed by atoms with Crippen LogP contribution in [0.15, 0.2) is 36.4 Å². The van der Waals surface area contributed by atoms with Crippen LogP contribution < -0.4 is 4.74 Å². The van der Waals surface area contributed by atoms with Crippen molar-refractivity contribution in [2.45, 2.75) is 6.61 Å². The summed E-state index contributed by atoms with van der Waals surface area (Å²) in [6, 6.07) is 8.76. The Kier molecular flexibility index (Phi) is 4.47. The first kappa shape index (κ1) is 15.6. The lowest BCUT2D eigenvalue weighted by Gasteiger charge is -2.09. The minimum Gasteiger partial charge on any atom is -0.501 e. The second kappa shape index (κ2) is 6.31. The van der Waals surface area contributed by atoms with Crippen molar-refractivity contribution in [1.29, 1.82) is 0 Å². The van der Waals surface area contributed by atoms with E-state index in [1.165, 1.54) is 0 Å². The van der Waals surface area contributed by atoms with E-state index >= 15 is 0 Å². The third-order valence-corrected chi connectivity index (χ3v) is 3.02. The molecule has 22 heavy (non-hydrogen) atoms. The fraction of sp³-hybridized carbons (Fsp3) is 0.0714. The van der Waals surface area contributed by atoms with Crippen molar-refractivity contribution in [2.24, 2.45) is 0 Å². The van der Waals surface area contributed by atoms with Gasteiger partial charge in [-0.1, -0.05) is 23.7 Å². The van der Waals surface area contributed by atoms with Crippen LogP contribution in [0, 0.1) is 10.1 Å². The van der Waals surface area contributed by atoms with E-state index in [0.29, 0.717) is 10.6 Å². The zero-order valence-electron chi connectivity index (χ0n) is 11.0. The predicted molar refractivity (Wildman–Crippen MR) is 77.5 cm³/mol. The number of nitrogens with zero attached hydrogens (tertiary/aromatic N) is 1. The van der Waals surface area contributed by atoms with Crippen LogP contribution in [-0.4, -0.2) is 21.1 Å². The van der Waals surface area contributed by atoms with Gasteiger partial charge in [-0.05, 0) is 23.8 Å². The number of phenols is 1. The third kappa shape index (κ3) is 3.44. The van der Waals surface area contributed by atoms with E-state index in [0.717, 1.165) is 12.1 Å². The SMILES string of the molecule is O=C(O)c1cc(OCc2cccc(Cl)c2)cc([N+](=O)[O-])c1O. The van der Waals surface area contributed by atoms with E-state index in [1.807, 2.05) is 0 Å². The second-order valence-electron chi connectivity index (χ2n) is 4.32. The summed E-state index contributed by atoms with van der Waals surface area (Å²) in [6.45, 7) is 0.0432. The highest BCUT2D eigenvalue weighted by Gasteiger charge is 2.23. The first-order valence-corrected chi connectivity index (χ1v) is 6.38. The number of ether oxygens (including phenoxy) is 1. The molecule has 2 N–H and O–H groups in total. The summed E-state index contributed by atoms with van der Waals surface area (Å²) in [6.07, 6.45) is 0. The first-order valence-electron chi connectivity index (χ1n) is 6.00. The molecular weight excluding hydrogens is 314 g/mol. The molecule has 0 atom stereocenters. The number of aromatic carboxylic acids is 1. The summed E-state index contributed by atoms with van der Waals surface area (Å²) in [5.74, 6) is -2.44. The first-order chi connectivity index (χ1) is 10.4. The molecular formula is C14H10ClNO6. The molecule has 0 spiro atoms. The van der Waals surface area contributed by atoms with Gasteiger partial charge in [-0.3, -0.25) is 10.1 Å². The Morgan fingerprint density at radius 1 is 1.32 bits per heavy atom. The van der Waals surface area contributed by atoms with Crippen molar-refractivity contribution in [1.82, 2.24) is 0 Å². The van der Waals surface area contributed by atoms with E-state index < -0.39 is 27.9 Å². The minimum atomic E-state index is -1.49. The van der Waals surface area contributed by atoms with Crippen LogP contribution in [0.3, 0.4) is 0 Å². The maximum atomic E-state index is 11.0. The Morgan fingerprint density at radius 2 is 2.05 bits per heavy atom. The molecule has 114 valence electrons. The maximum Gasteiger partial charge on any atom is 0.339 e. The fourth-order valence-corrected chi connectivity index (χ4v) is 1.99. The Labute approximate surface area is 129 Å². The van der Waals surface area contributed by atoms with Crippen molar-refractivity contribution in [3.8, 4) is 11.5 Å². The fourth-order valence-electron chi connectivity index (χ4n) is 1.77. The molecule has 0 aliphatic heterocycles. The number of rotatable bonds is 5. The van der Waals surface area contributed by atoms with Crippen molar-refractivity contribution in [3.05, 3.63) is 62.7 Å². The lowest BCUT2D eigenvalue weighted by atomic mass is 10.1. The highest BCUT2D eigenvalue weighted by atomic mass is 35.5. The lowest BCUT2D eigenvalue weighted by Crippen LogP contribution is -2.02. The van der Waals surface area contributed by atoms with Crippen LogP contribution in [-0.2, 0) is 6.61 Å². The zero-order valence-corrected chi connectivity index (χ0v) is 11.8. The summed E-state index contributed by atoms with van der Waals surface area (Å²) >= 11 is 5.83. The predicted octanol–water partition coefficient (Wildman–Crippen LogP) is 3.23. The average molecular weight is 324 g/mol. The van der Waals surface area contributed by atoms with Gasteiger partial charge in [0.15, 0.2) is 0 Å². The van der Waals surface area contributed by atoms with Gasteiger partial charge in [0.05, 0.1) is 11.0 Å². The van der Waals surface area contributed by atoms with Gasteiger partial charge in [0.1, 0.15) is 17.9 Å². The Hall–Kier alpha value is -2.80. The van der Waals surface area contributed by atoms with Gasteiger partial charge < -0.3 is 14.9 Å². The molecule has 0 amide bonds. The molecule has 0 aliphatic carbocycles. The largest absolute Gasteiger partial charge is 0.501 e. The van der Waals surface area contributed by atoms with Crippen LogP contribution in [0.4, 0.5) is 5.69 Å². The smallest absolute Gasteiger partial charge is 0.339 e. The van der Waals surface area contributed by atoms with Gasteiger partial charge in [-0.25, -0.2) is 4.79 Å². The standard InChI is InChI=1S/C14H10ClNO6/c15-9-3-1-2-8(4-9)7-22-10-5-11(14(18)19)13(17)12(6-10)16(20)21/h1-6,17H,7H2,(H,18,19). The van der Waals surface area contributed by atoms with Crippen molar-refractivity contribution in [2.75, 3.05) is 0 Å². The lowest BCUT2D eigenvalue weighted by molar-refractivity contribution is -0.386. The van der Waals surface area contributed by atoms with E-state index in [4.69, 9.17) is 21.4 Å². The van der Waals surface area contributed by atoms with E-state index in [9.17, 15) is 20.0 Å². The molecule has 0 unspecified atom stereocenters. The van der Waals surface area contributed by atoms with Gasteiger partial charge >= 0.3 is 11.7 Å². The minimum absolute atomic E-state index is 0.0399. The highest BCUT2D eigenvalue weighted by molar-refractivity contribution is 6.30. The number of hydrogen-bond acceptors (Lipinski definition) is 5. The van der Waals surface area contributed by atoms with Crippen molar-refractivity contribution < 1.29 is 24.7 Å². The molecule has 7 nitrogen and oxygen atoms in total. The third-order valence-electron chi connectivity index (χ3n) is 2.78. The van der Waals surface area contributed by atoms with Crippen molar-refractivity contribution >= 4 is 23.3 Å². The van der Waals surface area contributed by atoms with E-state index in [-0.39, 0.29) is 12.4 Å². The van der Waals surface area contributed by atoms with Crippen molar-refractivity contribution in [3.63, 3.8) is 0 Å². The normalized spacial score (nSPS) is 10.2. The Morgan fingerprint density at radius 3 is 2.64 bits per heavy atom. The molecule has 8 heteroatoms. The molecule has 0 radical (unpaired) electrons. The number of hydrogen-bond donors (Lipinski definition) is 2. The summed E-state index contributed by atoms with van der Waals surface area (Å²) in [7, 11) is 0. The Balaban J connectivity index is 2.31. The molecule has 2 rings (SSSR count). The number of carboxylic acid groups (broad SMARTS) is 1. The van der Waals surface area contributed by atoms with Crippen LogP contribution in [0.1, 0.15) is 15.9 Å². The molecule has 2 aromatic carbocycles. The molecule has 0 fully saturated rings. The number of aromatic hydroxyl groups is 1. The van der Waals surface area contributed by atoms with Gasteiger partial charge in [0.25, 0.3) is 0 Å². The monoisotopic (exact) mass is 323 g/mol. The topological polar surface area (TPSA) is 110 Å². The summed E-state index contributed by atoms with van der Waals surface area (Å²) in [5.41, 5.74) is -0.628. The summed E-state index contributed by atoms with van der Waals surface area (Å²) in [4.78, 5) is 21.0. The summed E-state index contributed by atoms with van der Waals surface area (Å²) < 4.78 is 5.35. The Bertz CT molecular complexity index is 711. The number of halogens is 1. The molecule has 2 aromatic rings. The van der Waals surface area contributed by atoms with Crippen LogP contribution in [0.2, 0.25) is 5.02 Å². The number of carboxylic acids is 1. The molecule has 0 bridgehead atoms.